The third-order valence-corrected chi connectivity index (χ3v) is 5.30. The van der Waals surface area contributed by atoms with E-state index in [0.29, 0.717) is 24.3 Å². The predicted octanol–water partition coefficient (Wildman–Crippen LogP) is 9.11. The molecule has 0 fully saturated rings. The highest BCUT2D eigenvalue weighted by Gasteiger charge is 2.39. The molecule has 3 aromatic carbocycles. The zero-order valence-electron chi connectivity index (χ0n) is 19.0. The minimum absolute atomic E-state index is 0.104. The predicted molar refractivity (Wildman–Crippen MR) is 110 cm³/mol. The van der Waals surface area contributed by atoms with Crippen LogP contribution in [-0.4, -0.2) is 14.2 Å². The lowest BCUT2D eigenvalue weighted by Gasteiger charge is -2.20. The van der Waals surface area contributed by atoms with Crippen LogP contribution in [0.15, 0.2) is 48.5 Å². The van der Waals surface area contributed by atoms with E-state index in [1.54, 1.807) is 0 Å². The summed E-state index contributed by atoms with van der Waals surface area (Å²) in [6.45, 7) is 0. The Morgan fingerprint density at radius 2 is 0.658 bits per heavy atom. The fourth-order valence-electron chi connectivity index (χ4n) is 3.58. The third kappa shape index (κ3) is 6.10. The van der Waals surface area contributed by atoms with E-state index >= 15 is 0 Å². The zero-order valence-corrected chi connectivity index (χ0v) is 19.0. The van der Waals surface area contributed by atoms with Crippen LogP contribution in [0.4, 0.5) is 52.7 Å². The van der Waals surface area contributed by atoms with Gasteiger partial charge in [0.1, 0.15) is 11.5 Å². The molecular formula is C24H14F12O2. The van der Waals surface area contributed by atoms with Crippen molar-refractivity contribution < 1.29 is 62.2 Å². The topological polar surface area (TPSA) is 18.5 Å². The first-order valence-electron chi connectivity index (χ1n) is 10.1. The summed E-state index contributed by atoms with van der Waals surface area (Å²) in [5.74, 6) is -0.949. The number of ether oxygens (including phenoxy) is 2. The first-order valence-corrected chi connectivity index (χ1v) is 10.1. The van der Waals surface area contributed by atoms with Crippen molar-refractivity contribution in [2.24, 2.45) is 0 Å². The first kappa shape index (κ1) is 29.0. The highest BCUT2D eigenvalue weighted by molar-refractivity contribution is 5.83. The molecule has 38 heavy (non-hydrogen) atoms. The van der Waals surface area contributed by atoms with Crippen LogP contribution >= 0.6 is 0 Å². The summed E-state index contributed by atoms with van der Waals surface area (Å²) < 4.78 is 170. The summed E-state index contributed by atoms with van der Waals surface area (Å²) in [4.78, 5) is 0. The van der Waals surface area contributed by atoms with Crippen molar-refractivity contribution in [2.45, 2.75) is 24.7 Å². The van der Waals surface area contributed by atoms with Gasteiger partial charge < -0.3 is 9.47 Å². The molecule has 2 nitrogen and oxygen atoms in total. The van der Waals surface area contributed by atoms with Gasteiger partial charge in [0.05, 0.1) is 42.0 Å². The average Bonchev–Trinajstić information content (AvgIpc) is 2.80. The van der Waals surface area contributed by atoms with Gasteiger partial charge in [0.15, 0.2) is 0 Å². The molecule has 0 heterocycles. The Hall–Kier alpha value is -3.58. The second kappa shape index (κ2) is 9.62. The standard InChI is InChI=1S/C24H14F12O2/c1-37-18-7-12(11-3-14(21(25,26)27)9-15(4-11)22(28,29)30)8-19(38-2)20(18)13-5-16(23(31,32)33)10-17(6-13)24(34,35)36/h3-10H,1-2H3. The van der Waals surface area contributed by atoms with E-state index < -0.39 is 75.1 Å². The largest absolute Gasteiger partial charge is 0.496 e. The van der Waals surface area contributed by atoms with Gasteiger partial charge in [-0.1, -0.05) is 0 Å². The van der Waals surface area contributed by atoms with E-state index in [2.05, 4.69) is 0 Å². The summed E-state index contributed by atoms with van der Waals surface area (Å²) in [6.07, 6.45) is -20.7. The Morgan fingerprint density at radius 1 is 0.395 bits per heavy atom. The molecule has 0 aliphatic carbocycles. The van der Waals surface area contributed by atoms with Gasteiger partial charge in [-0.2, -0.15) is 52.7 Å². The van der Waals surface area contributed by atoms with Crippen LogP contribution in [-0.2, 0) is 24.7 Å². The molecule has 3 rings (SSSR count). The molecule has 0 saturated heterocycles. The summed E-state index contributed by atoms with van der Waals surface area (Å²) in [5.41, 5.74) is -8.69. The van der Waals surface area contributed by atoms with Gasteiger partial charge in [-0.3, -0.25) is 0 Å². The molecule has 0 aliphatic heterocycles. The molecular weight excluding hydrogens is 548 g/mol. The van der Waals surface area contributed by atoms with Crippen molar-refractivity contribution in [3.05, 3.63) is 70.8 Å². The molecule has 14 heteroatoms. The van der Waals surface area contributed by atoms with E-state index in [0.717, 1.165) is 26.4 Å². The lowest BCUT2D eigenvalue weighted by Crippen LogP contribution is -2.11. The number of alkyl halides is 12. The lowest BCUT2D eigenvalue weighted by atomic mass is 9.93. The lowest BCUT2D eigenvalue weighted by molar-refractivity contribution is -0.144. The molecule has 0 spiro atoms. The van der Waals surface area contributed by atoms with E-state index in [1.165, 1.54) is 0 Å². The van der Waals surface area contributed by atoms with Crippen molar-refractivity contribution in [1.82, 2.24) is 0 Å². The molecule has 0 aromatic heterocycles. The van der Waals surface area contributed by atoms with Crippen LogP contribution in [0.1, 0.15) is 22.3 Å². The fraction of sp³-hybridized carbons (Fsp3) is 0.250. The van der Waals surface area contributed by atoms with Crippen LogP contribution in [0.5, 0.6) is 11.5 Å². The molecule has 0 bridgehead atoms. The van der Waals surface area contributed by atoms with Crippen molar-refractivity contribution in [3.63, 3.8) is 0 Å². The normalized spacial score (nSPS) is 13.0. The maximum absolute atomic E-state index is 13.4. The van der Waals surface area contributed by atoms with Gasteiger partial charge in [-0.05, 0) is 65.2 Å². The Bertz CT molecular complexity index is 1240. The zero-order chi connectivity index (χ0) is 28.8. The van der Waals surface area contributed by atoms with E-state index in [4.69, 9.17) is 9.47 Å². The smallest absolute Gasteiger partial charge is 0.416 e. The molecule has 206 valence electrons. The van der Waals surface area contributed by atoms with Crippen LogP contribution in [0.25, 0.3) is 22.3 Å². The second-order valence-electron chi connectivity index (χ2n) is 7.84. The molecule has 0 aliphatic rings. The van der Waals surface area contributed by atoms with Crippen molar-refractivity contribution in [3.8, 4) is 33.8 Å². The Balaban J connectivity index is 2.34. The SMILES string of the molecule is COc1cc(-c2cc(C(F)(F)F)cc(C(F)(F)F)c2)cc(OC)c1-c1cc(C(F)(F)F)cc(C(F)(F)F)c1. The maximum atomic E-state index is 13.4. The average molecular weight is 562 g/mol. The van der Waals surface area contributed by atoms with Gasteiger partial charge in [0, 0.05) is 0 Å². The quantitative estimate of drug-likeness (QED) is 0.296. The van der Waals surface area contributed by atoms with Gasteiger partial charge in [0.2, 0.25) is 0 Å². The number of methoxy groups -OCH3 is 2. The molecule has 0 N–H and O–H groups in total. The van der Waals surface area contributed by atoms with Gasteiger partial charge in [0.25, 0.3) is 0 Å². The molecule has 0 saturated carbocycles. The van der Waals surface area contributed by atoms with Crippen LogP contribution in [0, 0.1) is 0 Å². The summed E-state index contributed by atoms with van der Waals surface area (Å²) in [5, 5.41) is 0. The van der Waals surface area contributed by atoms with Crippen molar-refractivity contribution in [1.29, 1.82) is 0 Å². The van der Waals surface area contributed by atoms with Crippen LogP contribution in [0.3, 0.4) is 0 Å². The minimum atomic E-state index is -5.19. The summed E-state index contributed by atoms with van der Waals surface area (Å²) >= 11 is 0. The minimum Gasteiger partial charge on any atom is -0.496 e. The number of rotatable bonds is 4. The third-order valence-electron chi connectivity index (χ3n) is 5.30. The number of hydrogen-bond donors (Lipinski definition) is 0. The highest BCUT2D eigenvalue weighted by Crippen LogP contribution is 2.47. The molecule has 0 atom stereocenters. The molecule has 0 amide bonds. The Labute approximate surface area is 206 Å². The van der Waals surface area contributed by atoms with E-state index in [1.807, 2.05) is 0 Å². The van der Waals surface area contributed by atoms with Gasteiger partial charge >= 0.3 is 24.7 Å². The number of hydrogen-bond acceptors (Lipinski definition) is 2. The van der Waals surface area contributed by atoms with Crippen molar-refractivity contribution in [2.75, 3.05) is 14.2 Å². The highest BCUT2D eigenvalue weighted by atomic mass is 19.4. The number of halogens is 12. The van der Waals surface area contributed by atoms with Crippen LogP contribution < -0.4 is 9.47 Å². The Kier molecular flexibility index (Phi) is 7.34. The maximum Gasteiger partial charge on any atom is 0.416 e. The molecule has 0 unspecified atom stereocenters. The molecule has 3 aromatic rings. The van der Waals surface area contributed by atoms with Gasteiger partial charge in [-0.15, -0.1) is 0 Å². The monoisotopic (exact) mass is 562 g/mol. The molecule has 0 radical (unpaired) electrons. The summed E-state index contributed by atoms with van der Waals surface area (Å²) in [7, 11) is 1.90. The van der Waals surface area contributed by atoms with Crippen molar-refractivity contribution >= 4 is 0 Å². The Morgan fingerprint density at radius 3 is 0.921 bits per heavy atom. The van der Waals surface area contributed by atoms with E-state index in [9.17, 15) is 52.7 Å². The van der Waals surface area contributed by atoms with Gasteiger partial charge in [-0.25, -0.2) is 0 Å². The summed E-state index contributed by atoms with van der Waals surface area (Å²) in [6, 6.07) is 3.08. The second-order valence-corrected chi connectivity index (χ2v) is 7.84. The first-order chi connectivity index (χ1) is 17.3. The fourth-order valence-corrected chi connectivity index (χ4v) is 3.58. The van der Waals surface area contributed by atoms with Crippen LogP contribution in [0.2, 0.25) is 0 Å². The van der Waals surface area contributed by atoms with E-state index in [-0.39, 0.29) is 17.7 Å². The number of benzene rings is 3.